The zero-order chi connectivity index (χ0) is 16.2. The van der Waals surface area contributed by atoms with Gasteiger partial charge in [-0.25, -0.2) is 4.98 Å². The van der Waals surface area contributed by atoms with E-state index in [4.69, 9.17) is 17.0 Å². The molecule has 0 unspecified atom stereocenters. The summed E-state index contributed by atoms with van der Waals surface area (Å²) in [5.74, 6) is 1.68. The maximum Gasteiger partial charge on any atom is 0.172 e. The molecule has 0 radical (unpaired) electrons. The lowest BCUT2D eigenvalue weighted by Crippen LogP contribution is -2.34. The summed E-state index contributed by atoms with van der Waals surface area (Å²) in [6.07, 6.45) is 5.08. The lowest BCUT2D eigenvalue weighted by atomic mass is 9.87. The highest BCUT2D eigenvalue weighted by Crippen LogP contribution is 2.32. The zero-order valence-corrected chi connectivity index (χ0v) is 14.2. The molecule has 120 valence electrons. The van der Waals surface area contributed by atoms with Gasteiger partial charge in [0, 0.05) is 6.20 Å². The van der Waals surface area contributed by atoms with Crippen LogP contribution in [0.5, 0.6) is 5.75 Å². The fraction of sp³-hybridized carbons (Fsp3) is 0.333. The Hall–Kier alpha value is -2.14. The van der Waals surface area contributed by atoms with Gasteiger partial charge in [-0.1, -0.05) is 6.07 Å². The summed E-state index contributed by atoms with van der Waals surface area (Å²) in [6.45, 7) is 2.04. The van der Waals surface area contributed by atoms with Crippen molar-refractivity contribution in [2.75, 3.05) is 12.4 Å². The van der Waals surface area contributed by atoms with Gasteiger partial charge in [0.1, 0.15) is 11.6 Å². The van der Waals surface area contributed by atoms with Crippen LogP contribution < -0.4 is 15.4 Å². The molecule has 0 saturated carbocycles. The maximum absolute atomic E-state index is 5.45. The Balaban J connectivity index is 1.70. The number of aromatic nitrogens is 1. The Morgan fingerprint density at radius 2 is 2.17 bits per heavy atom. The third-order valence-electron chi connectivity index (χ3n) is 4.13. The van der Waals surface area contributed by atoms with Gasteiger partial charge in [-0.15, -0.1) is 0 Å². The van der Waals surface area contributed by atoms with Crippen molar-refractivity contribution in [3.05, 3.63) is 53.2 Å². The number of nitrogens with zero attached hydrogens (tertiary/aromatic N) is 1. The summed E-state index contributed by atoms with van der Waals surface area (Å²) in [5, 5.41) is 7.20. The van der Waals surface area contributed by atoms with Gasteiger partial charge >= 0.3 is 0 Å². The molecule has 3 rings (SSSR count). The minimum Gasteiger partial charge on any atom is -0.497 e. The average Bonchev–Trinajstić information content (AvgIpc) is 2.54. The molecular formula is C18H21N3OS. The van der Waals surface area contributed by atoms with Crippen molar-refractivity contribution in [2.45, 2.75) is 32.2 Å². The van der Waals surface area contributed by atoms with Crippen molar-refractivity contribution in [1.82, 2.24) is 10.3 Å². The van der Waals surface area contributed by atoms with Crippen molar-refractivity contribution in [3.63, 3.8) is 0 Å². The van der Waals surface area contributed by atoms with Gasteiger partial charge in [-0.3, -0.25) is 0 Å². The molecule has 2 aromatic rings. The summed E-state index contributed by atoms with van der Waals surface area (Å²) in [7, 11) is 1.70. The molecule has 0 saturated heterocycles. The average molecular weight is 327 g/mol. The molecule has 0 fully saturated rings. The summed E-state index contributed by atoms with van der Waals surface area (Å²) < 4.78 is 5.32. The number of anilines is 1. The monoisotopic (exact) mass is 327 g/mol. The van der Waals surface area contributed by atoms with Crippen LogP contribution >= 0.6 is 12.2 Å². The smallest absolute Gasteiger partial charge is 0.172 e. The van der Waals surface area contributed by atoms with Crippen LogP contribution in [0.2, 0.25) is 0 Å². The minimum atomic E-state index is 0.231. The van der Waals surface area contributed by atoms with E-state index in [1.807, 2.05) is 25.1 Å². The summed E-state index contributed by atoms with van der Waals surface area (Å²) in [5.41, 5.74) is 3.79. The number of thiocarbonyl (C=S) groups is 1. The van der Waals surface area contributed by atoms with E-state index in [0.717, 1.165) is 36.4 Å². The van der Waals surface area contributed by atoms with E-state index < -0.39 is 0 Å². The van der Waals surface area contributed by atoms with Crippen molar-refractivity contribution in [2.24, 2.45) is 0 Å². The first-order valence-corrected chi connectivity index (χ1v) is 8.23. The molecular weight excluding hydrogens is 306 g/mol. The molecule has 5 heteroatoms. The Bertz CT molecular complexity index is 717. The van der Waals surface area contributed by atoms with Gasteiger partial charge in [0.25, 0.3) is 0 Å². The SMILES string of the molecule is COc1ccc2c(c1)CCC[C@H]2NC(=S)Nc1cc(C)ccn1. The van der Waals surface area contributed by atoms with Crippen molar-refractivity contribution in [1.29, 1.82) is 0 Å². The number of hydrogen-bond acceptors (Lipinski definition) is 3. The third kappa shape index (κ3) is 3.79. The topological polar surface area (TPSA) is 46.2 Å². The van der Waals surface area contributed by atoms with Crippen molar-refractivity contribution in [3.8, 4) is 5.75 Å². The van der Waals surface area contributed by atoms with Gasteiger partial charge < -0.3 is 15.4 Å². The number of nitrogens with one attached hydrogen (secondary N) is 2. The van der Waals surface area contributed by atoms with Gasteiger partial charge in [0.15, 0.2) is 5.11 Å². The molecule has 0 bridgehead atoms. The molecule has 1 aromatic heterocycles. The first kappa shape index (κ1) is 15.7. The molecule has 0 aliphatic heterocycles. The zero-order valence-electron chi connectivity index (χ0n) is 13.4. The standard InChI is InChI=1S/C18H21N3OS/c1-12-8-9-19-17(10-12)21-18(23)20-16-5-3-4-13-11-14(22-2)6-7-15(13)16/h6-11,16H,3-5H2,1-2H3,(H2,19,20,21,23)/t16-/m1/s1. The Morgan fingerprint density at radius 1 is 1.30 bits per heavy atom. The highest BCUT2D eigenvalue weighted by Gasteiger charge is 2.21. The largest absolute Gasteiger partial charge is 0.497 e. The van der Waals surface area contributed by atoms with E-state index in [2.05, 4.69) is 27.8 Å². The number of ether oxygens (including phenoxy) is 1. The Morgan fingerprint density at radius 3 is 2.96 bits per heavy atom. The lowest BCUT2D eigenvalue weighted by Gasteiger charge is -2.28. The highest BCUT2D eigenvalue weighted by atomic mass is 32.1. The minimum absolute atomic E-state index is 0.231. The second-order valence-electron chi connectivity index (χ2n) is 5.83. The normalized spacial score (nSPS) is 16.3. The first-order chi connectivity index (χ1) is 11.2. The van der Waals surface area contributed by atoms with Gasteiger partial charge in [0.05, 0.1) is 13.2 Å². The van der Waals surface area contributed by atoms with Crippen LogP contribution in [0.1, 0.15) is 35.6 Å². The molecule has 2 N–H and O–H groups in total. The number of aryl methyl sites for hydroxylation is 2. The molecule has 0 amide bonds. The molecule has 0 spiro atoms. The first-order valence-electron chi connectivity index (χ1n) is 7.82. The molecule has 23 heavy (non-hydrogen) atoms. The fourth-order valence-electron chi connectivity index (χ4n) is 2.98. The molecule has 1 atom stereocenters. The molecule has 1 aromatic carbocycles. The number of rotatable bonds is 3. The van der Waals surface area contributed by atoms with Crippen molar-refractivity contribution < 1.29 is 4.74 Å². The number of pyridine rings is 1. The van der Waals surface area contributed by atoms with Gasteiger partial charge in [-0.2, -0.15) is 0 Å². The van der Waals surface area contributed by atoms with Crippen molar-refractivity contribution >= 4 is 23.1 Å². The van der Waals surface area contributed by atoms with Crippen LogP contribution in [-0.4, -0.2) is 17.2 Å². The predicted molar refractivity (Wildman–Crippen MR) is 97.0 cm³/mol. The summed E-state index contributed by atoms with van der Waals surface area (Å²) >= 11 is 5.45. The summed E-state index contributed by atoms with van der Waals surface area (Å²) in [6, 6.07) is 10.5. The fourth-order valence-corrected chi connectivity index (χ4v) is 3.23. The van der Waals surface area contributed by atoms with E-state index in [-0.39, 0.29) is 6.04 Å². The van der Waals surface area contributed by atoms with Crippen LogP contribution in [0.25, 0.3) is 0 Å². The second kappa shape index (κ2) is 6.96. The quantitative estimate of drug-likeness (QED) is 0.841. The molecule has 1 aliphatic carbocycles. The van der Waals surface area contributed by atoms with Crippen LogP contribution in [0, 0.1) is 6.92 Å². The molecule has 1 aliphatic rings. The third-order valence-corrected chi connectivity index (χ3v) is 4.35. The number of fused-ring (bicyclic) bond motifs is 1. The Kier molecular flexibility index (Phi) is 4.76. The predicted octanol–water partition coefficient (Wildman–Crippen LogP) is 3.76. The lowest BCUT2D eigenvalue weighted by molar-refractivity contribution is 0.412. The van der Waals surface area contributed by atoms with Crippen LogP contribution in [0.4, 0.5) is 5.82 Å². The van der Waals surface area contributed by atoms with Crippen LogP contribution in [0.15, 0.2) is 36.5 Å². The van der Waals surface area contributed by atoms with E-state index in [0.29, 0.717) is 5.11 Å². The molecule has 1 heterocycles. The van der Waals surface area contributed by atoms with E-state index >= 15 is 0 Å². The Labute approximate surface area is 142 Å². The second-order valence-corrected chi connectivity index (χ2v) is 6.23. The summed E-state index contributed by atoms with van der Waals surface area (Å²) in [4.78, 5) is 4.28. The molecule has 4 nitrogen and oxygen atoms in total. The van der Waals surface area contributed by atoms with Crippen LogP contribution in [-0.2, 0) is 6.42 Å². The van der Waals surface area contributed by atoms with Gasteiger partial charge in [-0.05, 0) is 79.4 Å². The number of methoxy groups -OCH3 is 1. The van der Waals surface area contributed by atoms with E-state index in [1.165, 1.54) is 11.1 Å². The highest BCUT2D eigenvalue weighted by molar-refractivity contribution is 7.80. The van der Waals surface area contributed by atoms with E-state index in [1.54, 1.807) is 13.3 Å². The van der Waals surface area contributed by atoms with Gasteiger partial charge in [0.2, 0.25) is 0 Å². The number of hydrogen-bond donors (Lipinski definition) is 2. The maximum atomic E-state index is 5.45. The van der Waals surface area contributed by atoms with Crippen LogP contribution in [0.3, 0.4) is 0 Å². The van der Waals surface area contributed by atoms with E-state index in [9.17, 15) is 0 Å². The number of benzene rings is 1.